The van der Waals surface area contributed by atoms with Crippen LogP contribution in [0.5, 0.6) is 0 Å². The van der Waals surface area contributed by atoms with Crippen molar-refractivity contribution in [3.05, 3.63) is 17.7 Å². The molecule has 0 saturated heterocycles. The van der Waals surface area contributed by atoms with Crippen molar-refractivity contribution in [1.29, 1.82) is 0 Å². The standard InChI is InChI=1S/C9H14N2O5/c1-4(13)9-10-2-5(11-9)7(15)8(16)6(14)3-12/h2,6-8,12,14-16H,3H2,1H3,(H,10,11)/t6-,7-,8+/m1/s1. The molecule has 0 amide bonds. The fourth-order valence-electron chi connectivity index (χ4n) is 1.17. The van der Waals surface area contributed by atoms with Crippen LogP contribution in [-0.4, -0.2) is 55.0 Å². The van der Waals surface area contributed by atoms with Gasteiger partial charge in [0.2, 0.25) is 0 Å². The van der Waals surface area contributed by atoms with Crippen LogP contribution in [0.1, 0.15) is 29.3 Å². The van der Waals surface area contributed by atoms with Gasteiger partial charge in [-0.3, -0.25) is 4.79 Å². The number of hydrogen-bond acceptors (Lipinski definition) is 6. The lowest BCUT2D eigenvalue weighted by Gasteiger charge is -2.20. The Kier molecular flexibility index (Phi) is 4.13. The van der Waals surface area contributed by atoms with Gasteiger partial charge in [0.15, 0.2) is 11.6 Å². The van der Waals surface area contributed by atoms with E-state index in [0.29, 0.717) is 0 Å². The van der Waals surface area contributed by atoms with Crippen LogP contribution in [0.25, 0.3) is 0 Å². The van der Waals surface area contributed by atoms with Crippen LogP contribution in [0.2, 0.25) is 0 Å². The zero-order chi connectivity index (χ0) is 12.3. The predicted octanol–water partition coefficient (Wildman–Crippen LogP) is -1.64. The summed E-state index contributed by atoms with van der Waals surface area (Å²) < 4.78 is 0. The van der Waals surface area contributed by atoms with Crippen molar-refractivity contribution in [2.75, 3.05) is 6.61 Å². The van der Waals surface area contributed by atoms with Crippen LogP contribution in [0.4, 0.5) is 0 Å². The third kappa shape index (κ3) is 2.64. The van der Waals surface area contributed by atoms with E-state index in [1.807, 2.05) is 0 Å². The highest BCUT2D eigenvalue weighted by atomic mass is 16.4. The van der Waals surface area contributed by atoms with Gasteiger partial charge in [0.1, 0.15) is 18.3 Å². The number of Topliss-reactive ketones (excluding diaryl/α,β-unsaturated/α-hetero) is 1. The van der Waals surface area contributed by atoms with E-state index >= 15 is 0 Å². The number of aliphatic hydroxyl groups excluding tert-OH is 4. The molecule has 7 nitrogen and oxygen atoms in total. The topological polar surface area (TPSA) is 127 Å². The van der Waals surface area contributed by atoms with Gasteiger partial charge in [0, 0.05) is 6.92 Å². The zero-order valence-electron chi connectivity index (χ0n) is 8.66. The van der Waals surface area contributed by atoms with Crippen molar-refractivity contribution in [3.8, 4) is 0 Å². The summed E-state index contributed by atoms with van der Waals surface area (Å²) in [6.07, 6.45) is -3.26. The summed E-state index contributed by atoms with van der Waals surface area (Å²) in [5, 5.41) is 36.7. The van der Waals surface area contributed by atoms with Crippen LogP contribution < -0.4 is 0 Å². The molecule has 0 saturated carbocycles. The molecule has 0 aromatic carbocycles. The number of H-pyrrole nitrogens is 1. The number of ketones is 1. The zero-order valence-corrected chi connectivity index (χ0v) is 8.66. The van der Waals surface area contributed by atoms with E-state index in [9.17, 15) is 15.0 Å². The van der Waals surface area contributed by atoms with Crippen molar-refractivity contribution in [3.63, 3.8) is 0 Å². The Morgan fingerprint density at radius 2 is 2.12 bits per heavy atom. The number of carbonyl (C=O) groups is 1. The molecule has 0 fully saturated rings. The first-order valence-corrected chi connectivity index (χ1v) is 4.68. The van der Waals surface area contributed by atoms with Crippen molar-refractivity contribution in [2.45, 2.75) is 25.2 Å². The van der Waals surface area contributed by atoms with Gasteiger partial charge in [0.25, 0.3) is 0 Å². The lowest BCUT2D eigenvalue weighted by atomic mass is 10.1. The Balaban J connectivity index is 2.79. The third-order valence-electron chi connectivity index (χ3n) is 2.15. The van der Waals surface area contributed by atoms with Gasteiger partial charge in [-0.15, -0.1) is 0 Å². The minimum atomic E-state index is -1.55. The van der Waals surface area contributed by atoms with Crippen molar-refractivity contribution in [2.24, 2.45) is 0 Å². The average molecular weight is 230 g/mol. The van der Waals surface area contributed by atoms with E-state index in [4.69, 9.17) is 10.2 Å². The van der Waals surface area contributed by atoms with Crippen molar-refractivity contribution in [1.82, 2.24) is 9.97 Å². The molecule has 1 aromatic rings. The Bertz CT molecular complexity index is 365. The molecule has 1 rings (SSSR count). The second kappa shape index (κ2) is 5.17. The normalized spacial score (nSPS) is 16.8. The second-order valence-corrected chi connectivity index (χ2v) is 3.43. The maximum atomic E-state index is 10.9. The van der Waals surface area contributed by atoms with E-state index in [-0.39, 0.29) is 17.3 Å². The van der Waals surface area contributed by atoms with Crippen molar-refractivity contribution >= 4 is 5.78 Å². The van der Waals surface area contributed by atoms with Crippen LogP contribution >= 0.6 is 0 Å². The monoisotopic (exact) mass is 230 g/mol. The van der Waals surface area contributed by atoms with Gasteiger partial charge in [0.05, 0.1) is 18.5 Å². The molecular formula is C9H14N2O5. The molecule has 1 heterocycles. The van der Waals surface area contributed by atoms with Crippen LogP contribution in [-0.2, 0) is 0 Å². The lowest BCUT2D eigenvalue weighted by Crippen LogP contribution is -2.34. The van der Waals surface area contributed by atoms with Crippen LogP contribution in [0, 0.1) is 0 Å². The number of aromatic nitrogens is 2. The molecule has 0 bridgehead atoms. The van der Waals surface area contributed by atoms with Gasteiger partial charge in [-0.2, -0.15) is 0 Å². The number of nitrogens with zero attached hydrogens (tertiary/aromatic N) is 1. The summed E-state index contributed by atoms with van der Waals surface area (Å²) in [4.78, 5) is 17.1. The van der Waals surface area contributed by atoms with E-state index in [1.165, 1.54) is 13.1 Å². The minimum absolute atomic E-state index is 0.0553. The molecule has 5 N–H and O–H groups in total. The molecule has 0 radical (unpaired) electrons. The van der Waals surface area contributed by atoms with E-state index < -0.39 is 24.9 Å². The maximum absolute atomic E-state index is 10.9. The Labute approximate surface area is 91.4 Å². The van der Waals surface area contributed by atoms with Gasteiger partial charge < -0.3 is 25.4 Å². The summed E-state index contributed by atoms with van der Waals surface area (Å²) in [6.45, 7) is 0.625. The first kappa shape index (κ1) is 12.8. The molecule has 7 heteroatoms. The molecule has 0 aliphatic carbocycles. The highest BCUT2D eigenvalue weighted by molar-refractivity contribution is 5.90. The van der Waals surface area contributed by atoms with E-state index in [1.54, 1.807) is 0 Å². The Hall–Kier alpha value is -1.28. The number of hydrogen-bond donors (Lipinski definition) is 5. The quantitative estimate of drug-likeness (QED) is 0.386. The summed E-state index contributed by atoms with van der Waals surface area (Å²) in [5.41, 5.74) is 0.102. The summed E-state index contributed by atoms with van der Waals surface area (Å²) >= 11 is 0. The maximum Gasteiger partial charge on any atom is 0.194 e. The van der Waals surface area contributed by atoms with Crippen LogP contribution in [0.15, 0.2) is 6.20 Å². The van der Waals surface area contributed by atoms with Crippen LogP contribution in [0.3, 0.4) is 0 Å². The lowest BCUT2D eigenvalue weighted by molar-refractivity contribution is -0.0788. The number of aliphatic hydroxyl groups is 4. The molecule has 16 heavy (non-hydrogen) atoms. The number of nitrogens with one attached hydrogen (secondary N) is 1. The SMILES string of the molecule is CC(=O)c1ncc([C@@H](O)[C@@H](O)[C@H](O)CO)[nH]1. The number of imidazole rings is 1. The number of rotatable bonds is 5. The molecular weight excluding hydrogens is 216 g/mol. The highest BCUT2D eigenvalue weighted by Crippen LogP contribution is 2.17. The highest BCUT2D eigenvalue weighted by Gasteiger charge is 2.27. The molecule has 90 valence electrons. The largest absolute Gasteiger partial charge is 0.394 e. The first-order valence-electron chi connectivity index (χ1n) is 4.68. The Morgan fingerprint density at radius 3 is 2.56 bits per heavy atom. The molecule has 0 aliphatic rings. The second-order valence-electron chi connectivity index (χ2n) is 3.43. The third-order valence-corrected chi connectivity index (χ3v) is 2.15. The summed E-state index contributed by atoms with van der Waals surface area (Å²) in [7, 11) is 0. The molecule has 0 spiro atoms. The van der Waals surface area contributed by atoms with Gasteiger partial charge in [-0.05, 0) is 0 Å². The van der Waals surface area contributed by atoms with Gasteiger partial charge >= 0.3 is 0 Å². The molecule has 3 atom stereocenters. The van der Waals surface area contributed by atoms with Gasteiger partial charge in [-0.25, -0.2) is 4.98 Å². The van der Waals surface area contributed by atoms with E-state index in [0.717, 1.165) is 0 Å². The first-order chi connectivity index (χ1) is 7.47. The minimum Gasteiger partial charge on any atom is -0.394 e. The molecule has 0 unspecified atom stereocenters. The molecule has 0 aliphatic heterocycles. The fourth-order valence-corrected chi connectivity index (χ4v) is 1.17. The summed E-state index contributed by atoms with van der Waals surface area (Å²) in [5.74, 6) is -0.254. The summed E-state index contributed by atoms with van der Waals surface area (Å²) in [6, 6.07) is 0. The predicted molar refractivity (Wildman–Crippen MR) is 52.7 cm³/mol. The molecule has 1 aromatic heterocycles. The Morgan fingerprint density at radius 1 is 1.50 bits per heavy atom. The van der Waals surface area contributed by atoms with Gasteiger partial charge in [-0.1, -0.05) is 0 Å². The number of carbonyl (C=O) groups excluding carboxylic acids is 1. The van der Waals surface area contributed by atoms with E-state index in [2.05, 4.69) is 9.97 Å². The average Bonchev–Trinajstić information content (AvgIpc) is 2.75. The van der Waals surface area contributed by atoms with Crippen molar-refractivity contribution < 1.29 is 25.2 Å². The smallest absolute Gasteiger partial charge is 0.194 e. The fraction of sp³-hybridized carbons (Fsp3) is 0.556. The number of aromatic amines is 1.